The van der Waals surface area contributed by atoms with Crippen LogP contribution in [0.15, 0.2) is 53.9 Å². The Bertz CT molecular complexity index is 905. The molecule has 0 radical (unpaired) electrons. The molecule has 26 heavy (non-hydrogen) atoms. The normalized spacial score (nSPS) is 10.7. The first-order chi connectivity index (χ1) is 12.5. The average molecular weight is 368 g/mol. The van der Waals surface area contributed by atoms with Crippen LogP contribution >= 0.6 is 11.3 Å². The molecule has 0 fully saturated rings. The van der Waals surface area contributed by atoms with Crippen molar-refractivity contribution < 1.29 is 14.3 Å². The summed E-state index contributed by atoms with van der Waals surface area (Å²) in [4.78, 5) is 16.3. The first kappa shape index (κ1) is 17.9. The van der Waals surface area contributed by atoms with Gasteiger partial charge in [0.05, 0.1) is 17.4 Å². The zero-order valence-corrected chi connectivity index (χ0v) is 15.5. The van der Waals surface area contributed by atoms with Crippen LogP contribution in [0, 0.1) is 0 Å². The number of benzene rings is 2. The molecule has 1 heterocycles. The minimum atomic E-state index is -0.329. The Kier molecular flexibility index (Phi) is 5.53. The van der Waals surface area contributed by atoms with Crippen molar-refractivity contribution in [1.82, 2.24) is 4.98 Å². The molecule has 0 spiro atoms. The van der Waals surface area contributed by atoms with Crippen molar-refractivity contribution >= 4 is 22.4 Å². The molecule has 0 saturated carbocycles. The third-order valence-electron chi connectivity index (χ3n) is 3.56. The van der Waals surface area contributed by atoms with E-state index in [4.69, 9.17) is 15.2 Å². The molecule has 6 heteroatoms. The Morgan fingerprint density at radius 1 is 1.19 bits per heavy atom. The predicted molar refractivity (Wildman–Crippen MR) is 103 cm³/mol. The number of carbonyl (C=O) groups is 1. The molecular formula is C20H20N2O3S. The van der Waals surface area contributed by atoms with Gasteiger partial charge in [0.2, 0.25) is 0 Å². The third-order valence-corrected chi connectivity index (χ3v) is 4.24. The summed E-state index contributed by atoms with van der Waals surface area (Å²) in [6, 6.07) is 14.9. The zero-order valence-electron chi connectivity index (χ0n) is 14.6. The van der Waals surface area contributed by atoms with E-state index in [-0.39, 0.29) is 12.1 Å². The van der Waals surface area contributed by atoms with Crippen LogP contribution in [0.4, 0.5) is 5.13 Å². The van der Waals surface area contributed by atoms with E-state index in [1.54, 1.807) is 12.1 Å². The van der Waals surface area contributed by atoms with Crippen molar-refractivity contribution in [2.45, 2.75) is 26.6 Å². The van der Waals surface area contributed by atoms with Gasteiger partial charge in [-0.1, -0.05) is 24.3 Å². The highest BCUT2D eigenvalue weighted by atomic mass is 32.1. The van der Waals surface area contributed by atoms with Gasteiger partial charge in [0.1, 0.15) is 12.4 Å². The fraction of sp³-hybridized carbons (Fsp3) is 0.200. The Balaban J connectivity index is 1.69. The molecular weight excluding hydrogens is 348 g/mol. The lowest BCUT2D eigenvalue weighted by atomic mass is 10.1. The fourth-order valence-corrected chi connectivity index (χ4v) is 2.97. The summed E-state index contributed by atoms with van der Waals surface area (Å²) < 4.78 is 11.1. The van der Waals surface area contributed by atoms with Crippen LogP contribution in [0.1, 0.15) is 29.8 Å². The number of rotatable bonds is 6. The third kappa shape index (κ3) is 4.61. The van der Waals surface area contributed by atoms with E-state index >= 15 is 0 Å². The van der Waals surface area contributed by atoms with Gasteiger partial charge in [-0.05, 0) is 43.7 Å². The van der Waals surface area contributed by atoms with Gasteiger partial charge in [-0.2, -0.15) is 0 Å². The number of carbonyl (C=O) groups excluding carboxylic acids is 1. The van der Waals surface area contributed by atoms with Crippen LogP contribution in [0.5, 0.6) is 5.75 Å². The molecule has 0 amide bonds. The van der Waals surface area contributed by atoms with Crippen molar-refractivity contribution in [3.8, 4) is 17.0 Å². The van der Waals surface area contributed by atoms with E-state index in [9.17, 15) is 4.79 Å². The molecule has 0 aliphatic rings. The number of ether oxygens (including phenoxy) is 2. The fourth-order valence-electron chi connectivity index (χ4n) is 2.40. The summed E-state index contributed by atoms with van der Waals surface area (Å²) in [5, 5.41) is 2.45. The Morgan fingerprint density at radius 2 is 2.00 bits per heavy atom. The molecule has 5 nitrogen and oxygen atoms in total. The highest BCUT2D eigenvalue weighted by Gasteiger charge is 2.10. The molecule has 134 valence electrons. The van der Waals surface area contributed by atoms with Crippen molar-refractivity contribution in [3.05, 3.63) is 65.0 Å². The molecule has 0 bridgehead atoms. The summed E-state index contributed by atoms with van der Waals surface area (Å²) >= 11 is 1.41. The number of nitrogen functional groups attached to an aromatic ring is 1. The summed E-state index contributed by atoms with van der Waals surface area (Å²) in [6.45, 7) is 4.01. The smallest absolute Gasteiger partial charge is 0.338 e. The SMILES string of the molecule is CC(C)OC(=O)c1cccc(COc2cccc(-c3csc(N)n3)c2)c1. The Morgan fingerprint density at radius 3 is 2.73 bits per heavy atom. The molecule has 0 aliphatic heterocycles. The molecule has 2 N–H and O–H groups in total. The average Bonchev–Trinajstić information content (AvgIpc) is 3.06. The molecule has 0 unspecified atom stereocenters. The largest absolute Gasteiger partial charge is 0.489 e. The first-order valence-electron chi connectivity index (χ1n) is 8.25. The monoisotopic (exact) mass is 368 g/mol. The van der Waals surface area contributed by atoms with Gasteiger partial charge >= 0.3 is 5.97 Å². The minimum absolute atomic E-state index is 0.148. The quantitative estimate of drug-likeness (QED) is 0.647. The summed E-state index contributed by atoms with van der Waals surface area (Å²) in [5.41, 5.74) is 8.89. The van der Waals surface area contributed by atoms with Crippen molar-refractivity contribution in [2.24, 2.45) is 0 Å². The maximum Gasteiger partial charge on any atom is 0.338 e. The minimum Gasteiger partial charge on any atom is -0.489 e. The number of hydrogen-bond donors (Lipinski definition) is 1. The topological polar surface area (TPSA) is 74.4 Å². The van der Waals surface area contributed by atoms with Crippen molar-refractivity contribution in [2.75, 3.05) is 5.73 Å². The van der Waals surface area contributed by atoms with Gasteiger partial charge in [0, 0.05) is 10.9 Å². The van der Waals surface area contributed by atoms with E-state index in [1.165, 1.54) is 11.3 Å². The van der Waals surface area contributed by atoms with Gasteiger partial charge in [-0.3, -0.25) is 0 Å². The second-order valence-electron chi connectivity index (χ2n) is 6.04. The van der Waals surface area contributed by atoms with Gasteiger partial charge in [-0.25, -0.2) is 9.78 Å². The lowest BCUT2D eigenvalue weighted by Crippen LogP contribution is -2.12. The second kappa shape index (κ2) is 8.01. The van der Waals surface area contributed by atoms with Crippen LogP contribution < -0.4 is 10.5 Å². The van der Waals surface area contributed by atoms with Gasteiger partial charge in [0.25, 0.3) is 0 Å². The molecule has 0 saturated heterocycles. The van der Waals surface area contributed by atoms with Crippen LogP contribution in [0.2, 0.25) is 0 Å². The first-order valence-corrected chi connectivity index (χ1v) is 9.13. The van der Waals surface area contributed by atoms with Crippen molar-refractivity contribution in [3.63, 3.8) is 0 Å². The highest BCUT2D eigenvalue weighted by Crippen LogP contribution is 2.26. The molecule has 3 aromatic rings. The van der Waals surface area contributed by atoms with E-state index in [1.807, 2.05) is 55.6 Å². The van der Waals surface area contributed by atoms with Crippen LogP contribution in [-0.4, -0.2) is 17.1 Å². The van der Waals surface area contributed by atoms with Crippen LogP contribution in [0.25, 0.3) is 11.3 Å². The van der Waals surface area contributed by atoms with E-state index in [0.29, 0.717) is 17.3 Å². The lowest BCUT2D eigenvalue weighted by Gasteiger charge is -2.10. The van der Waals surface area contributed by atoms with E-state index in [0.717, 1.165) is 22.6 Å². The number of esters is 1. The molecule has 3 rings (SSSR count). The highest BCUT2D eigenvalue weighted by molar-refractivity contribution is 7.13. The van der Waals surface area contributed by atoms with E-state index in [2.05, 4.69) is 4.98 Å². The summed E-state index contributed by atoms with van der Waals surface area (Å²) in [6.07, 6.45) is -0.148. The number of thiazole rings is 1. The van der Waals surface area contributed by atoms with Crippen molar-refractivity contribution in [1.29, 1.82) is 0 Å². The molecule has 2 aromatic carbocycles. The molecule has 0 aliphatic carbocycles. The number of nitrogens with zero attached hydrogens (tertiary/aromatic N) is 1. The maximum absolute atomic E-state index is 12.0. The van der Waals surface area contributed by atoms with E-state index < -0.39 is 0 Å². The molecule has 0 atom stereocenters. The Labute approximate surface area is 156 Å². The number of nitrogens with two attached hydrogens (primary N) is 1. The molecule has 1 aromatic heterocycles. The van der Waals surface area contributed by atoms with Gasteiger partial charge < -0.3 is 15.2 Å². The zero-order chi connectivity index (χ0) is 18.5. The summed E-state index contributed by atoms with van der Waals surface area (Å²) in [5.74, 6) is 0.397. The Hall–Kier alpha value is -2.86. The van der Waals surface area contributed by atoms with Crippen LogP contribution in [-0.2, 0) is 11.3 Å². The summed E-state index contributed by atoms with van der Waals surface area (Å²) in [7, 11) is 0. The maximum atomic E-state index is 12.0. The van der Waals surface area contributed by atoms with Gasteiger partial charge in [0.15, 0.2) is 5.13 Å². The number of anilines is 1. The van der Waals surface area contributed by atoms with Crippen LogP contribution in [0.3, 0.4) is 0 Å². The lowest BCUT2D eigenvalue weighted by molar-refractivity contribution is 0.0377. The number of aromatic nitrogens is 1. The number of hydrogen-bond acceptors (Lipinski definition) is 6. The standard InChI is InChI=1S/C20H20N2O3S/c1-13(2)25-19(23)16-7-3-5-14(9-16)11-24-17-8-4-6-15(10-17)18-12-26-20(21)22-18/h3-10,12-13H,11H2,1-2H3,(H2,21,22). The predicted octanol–water partition coefficient (Wildman–Crippen LogP) is 4.54. The van der Waals surface area contributed by atoms with Gasteiger partial charge in [-0.15, -0.1) is 11.3 Å². The second-order valence-corrected chi connectivity index (χ2v) is 6.93.